The van der Waals surface area contributed by atoms with Gasteiger partial charge in [-0.2, -0.15) is 0 Å². The van der Waals surface area contributed by atoms with Crippen LogP contribution >= 0.6 is 27.5 Å². The number of amides is 1. The molecule has 1 aromatic heterocycles. The predicted molar refractivity (Wildman–Crippen MR) is 128 cm³/mol. The van der Waals surface area contributed by atoms with Crippen LogP contribution in [0.1, 0.15) is 5.56 Å². The van der Waals surface area contributed by atoms with E-state index in [1.54, 1.807) is 0 Å². The van der Waals surface area contributed by atoms with Crippen LogP contribution in [0.15, 0.2) is 59.2 Å². The fourth-order valence-electron chi connectivity index (χ4n) is 4.43. The third-order valence-corrected chi connectivity index (χ3v) is 6.95. The number of halogens is 2. The molecule has 32 heavy (non-hydrogen) atoms. The Morgan fingerprint density at radius 3 is 2.84 bits per heavy atom. The lowest BCUT2D eigenvalue weighted by atomic mass is 9.89. The summed E-state index contributed by atoms with van der Waals surface area (Å²) in [7, 11) is 0. The monoisotopic (exact) mass is 515 g/mol. The van der Waals surface area contributed by atoms with Gasteiger partial charge in [0.25, 0.3) is 0 Å². The molecule has 6 nitrogen and oxygen atoms in total. The molecule has 3 aromatic rings. The van der Waals surface area contributed by atoms with Crippen molar-refractivity contribution in [1.29, 1.82) is 0 Å². The molecule has 0 radical (unpaired) electrons. The Balaban J connectivity index is 1.28. The Hall–Kier alpha value is -2.35. The summed E-state index contributed by atoms with van der Waals surface area (Å²) < 4.78 is 12.3. The van der Waals surface area contributed by atoms with Crippen LogP contribution in [0, 0.1) is 5.92 Å². The minimum Gasteiger partial charge on any atom is -0.445 e. The molecular weight excluding hydrogens is 494 g/mol. The first-order valence-corrected chi connectivity index (χ1v) is 11.8. The normalized spacial score (nSPS) is 19.1. The number of pyridine rings is 1. The number of rotatable bonds is 4. The standard InChI is InChI=1S/C24H23BrClN3O3/c25-20-11-27-21-7-6-18(26)10-19(21)23(20)28-12-17(13-28)22-15-31-9-8-29(22)24(30)32-14-16-4-2-1-3-5-16/h1-7,10-11,17,22H,8-9,12-15H2. The molecule has 1 unspecified atom stereocenters. The predicted octanol–water partition coefficient (Wildman–Crippen LogP) is 5.12. The molecule has 2 aromatic carbocycles. The first kappa shape index (κ1) is 21.5. The van der Waals surface area contributed by atoms with Gasteiger partial charge in [0.05, 0.1) is 34.9 Å². The second-order valence-electron chi connectivity index (χ2n) is 8.16. The van der Waals surface area contributed by atoms with E-state index < -0.39 is 0 Å². The molecule has 8 heteroatoms. The van der Waals surface area contributed by atoms with E-state index in [1.807, 2.05) is 59.6 Å². The molecule has 3 heterocycles. The van der Waals surface area contributed by atoms with Crippen LogP contribution in [0.3, 0.4) is 0 Å². The Bertz CT molecular complexity index is 1120. The Kier molecular flexibility index (Phi) is 6.22. The molecule has 5 rings (SSSR count). The summed E-state index contributed by atoms with van der Waals surface area (Å²) >= 11 is 9.91. The van der Waals surface area contributed by atoms with Gasteiger partial charge in [-0.1, -0.05) is 41.9 Å². The third-order valence-electron chi connectivity index (χ3n) is 6.13. The average molecular weight is 517 g/mol. The van der Waals surface area contributed by atoms with Gasteiger partial charge in [-0.05, 0) is 39.7 Å². The first-order valence-electron chi connectivity index (χ1n) is 10.6. The molecule has 0 bridgehead atoms. The lowest BCUT2D eigenvalue weighted by Crippen LogP contribution is -2.61. The lowest BCUT2D eigenvalue weighted by molar-refractivity contribution is -0.0335. The summed E-state index contributed by atoms with van der Waals surface area (Å²) in [6.45, 7) is 3.53. The van der Waals surface area contributed by atoms with Crippen LogP contribution in [0.25, 0.3) is 10.9 Å². The average Bonchev–Trinajstić information content (AvgIpc) is 2.79. The van der Waals surface area contributed by atoms with E-state index in [-0.39, 0.29) is 18.7 Å². The molecular formula is C24H23BrClN3O3. The van der Waals surface area contributed by atoms with Gasteiger partial charge in [-0.3, -0.25) is 4.98 Å². The van der Waals surface area contributed by atoms with Crippen molar-refractivity contribution in [2.75, 3.05) is 37.7 Å². The van der Waals surface area contributed by atoms with Crippen molar-refractivity contribution in [1.82, 2.24) is 9.88 Å². The number of benzene rings is 2. The zero-order valence-corrected chi connectivity index (χ0v) is 19.8. The van der Waals surface area contributed by atoms with Gasteiger partial charge in [-0.15, -0.1) is 0 Å². The number of carbonyl (C=O) groups excluding carboxylic acids is 1. The highest BCUT2D eigenvalue weighted by Crippen LogP contribution is 2.39. The molecule has 2 fully saturated rings. The number of morpholine rings is 1. The van der Waals surface area contributed by atoms with E-state index in [0.717, 1.165) is 39.7 Å². The highest BCUT2D eigenvalue weighted by Gasteiger charge is 2.41. The molecule has 0 aliphatic carbocycles. The van der Waals surface area contributed by atoms with Crippen molar-refractivity contribution in [3.05, 3.63) is 69.8 Å². The highest BCUT2D eigenvalue weighted by atomic mass is 79.9. The van der Waals surface area contributed by atoms with E-state index in [0.29, 0.717) is 30.7 Å². The minimum absolute atomic E-state index is 0.00117. The molecule has 2 saturated heterocycles. The summed E-state index contributed by atoms with van der Waals surface area (Å²) in [5.41, 5.74) is 2.97. The van der Waals surface area contributed by atoms with E-state index in [1.165, 1.54) is 0 Å². The molecule has 0 saturated carbocycles. The summed E-state index contributed by atoms with van der Waals surface area (Å²) in [4.78, 5) is 21.5. The zero-order chi connectivity index (χ0) is 22.1. The zero-order valence-electron chi connectivity index (χ0n) is 17.4. The van der Waals surface area contributed by atoms with E-state index in [2.05, 4.69) is 25.8 Å². The van der Waals surface area contributed by atoms with Crippen LogP contribution in [-0.4, -0.2) is 54.9 Å². The number of fused-ring (bicyclic) bond motifs is 1. The Morgan fingerprint density at radius 1 is 1.22 bits per heavy atom. The number of ether oxygens (including phenoxy) is 2. The second-order valence-corrected chi connectivity index (χ2v) is 9.45. The topological polar surface area (TPSA) is 54.9 Å². The molecule has 0 N–H and O–H groups in total. The lowest BCUT2D eigenvalue weighted by Gasteiger charge is -2.49. The van der Waals surface area contributed by atoms with Crippen molar-refractivity contribution in [2.45, 2.75) is 12.6 Å². The van der Waals surface area contributed by atoms with Crippen LogP contribution in [-0.2, 0) is 16.1 Å². The van der Waals surface area contributed by atoms with Gasteiger partial charge in [0.15, 0.2) is 0 Å². The summed E-state index contributed by atoms with van der Waals surface area (Å²) in [6, 6.07) is 15.5. The Labute approximate surface area is 200 Å². The van der Waals surface area contributed by atoms with Crippen molar-refractivity contribution < 1.29 is 14.3 Å². The first-order chi connectivity index (χ1) is 15.6. The number of nitrogens with zero attached hydrogens (tertiary/aromatic N) is 3. The van der Waals surface area contributed by atoms with Crippen LogP contribution < -0.4 is 4.90 Å². The number of hydrogen-bond acceptors (Lipinski definition) is 5. The van der Waals surface area contributed by atoms with E-state index in [9.17, 15) is 4.79 Å². The van der Waals surface area contributed by atoms with Crippen molar-refractivity contribution in [3.8, 4) is 0 Å². The quantitative estimate of drug-likeness (QED) is 0.481. The third kappa shape index (κ3) is 4.29. The van der Waals surface area contributed by atoms with Crippen molar-refractivity contribution >= 4 is 50.2 Å². The van der Waals surface area contributed by atoms with Crippen LogP contribution in [0.4, 0.5) is 10.5 Å². The fourth-order valence-corrected chi connectivity index (χ4v) is 5.17. The van der Waals surface area contributed by atoms with Gasteiger partial charge in [-0.25, -0.2) is 4.79 Å². The summed E-state index contributed by atoms with van der Waals surface area (Å²) in [6.07, 6.45) is 1.55. The maximum absolute atomic E-state index is 12.8. The van der Waals surface area contributed by atoms with E-state index >= 15 is 0 Å². The van der Waals surface area contributed by atoms with Crippen LogP contribution in [0.5, 0.6) is 0 Å². The van der Waals surface area contributed by atoms with Crippen LogP contribution in [0.2, 0.25) is 5.02 Å². The molecule has 2 aliphatic heterocycles. The Morgan fingerprint density at radius 2 is 2.03 bits per heavy atom. The SMILES string of the molecule is O=C(OCc1ccccc1)N1CCOCC1C1CN(c2c(Br)cnc3ccc(Cl)cc23)C1. The number of hydrogen-bond donors (Lipinski definition) is 0. The van der Waals surface area contributed by atoms with Gasteiger partial charge in [0.2, 0.25) is 0 Å². The highest BCUT2D eigenvalue weighted by molar-refractivity contribution is 9.10. The van der Waals surface area contributed by atoms with Gasteiger partial charge in [0.1, 0.15) is 6.61 Å². The van der Waals surface area contributed by atoms with E-state index in [4.69, 9.17) is 21.1 Å². The number of anilines is 1. The largest absolute Gasteiger partial charge is 0.445 e. The van der Waals surface area contributed by atoms with Gasteiger partial charge >= 0.3 is 6.09 Å². The van der Waals surface area contributed by atoms with Gasteiger partial charge in [0, 0.05) is 42.2 Å². The maximum atomic E-state index is 12.8. The number of carbonyl (C=O) groups is 1. The summed E-state index contributed by atoms with van der Waals surface area (Å²) in [5, 5.41) is 1.70. The van der Waals surface area contributed by atoms with Crippen molar-refractivity contribution in [2.24, 2.45) is 5.92 Å². The fraction of sp³-hybridized carbons (Fsp3) is 0.333. The summed E-state index contributed by atoms with van der Waals surface area (Å²) in [5.74, 6) is 0.300. The van der Waals surface area contributed by atoms with Gasteiger partial charge < -0.3 is 19.3 Å². The number of aromatic nitrogens is 1. The second kappa shape index (κ2) is 9.25. The maximum Gasteiger partial charge on any atom is 0.410 e. The molecule has 1 amide bonds. The molecule has 166 valence electrons. The smallest absolute Gasteiger partial charge is 0.410 e. The molecule has 0 spiro atoms. The molecule has 2 aliphatic rings. The molecule has 1 atom stereocenters. The van der Waals surface area contributed by atoms with Crippen molar-refractivity contribution in [3.63, 3.8) is 0 Å². The minimum atomic E-state index is -0.275.